The number of nitrogens with zero attached hydrogens (tertiary/aromatic N) is 2. The van der Waals surface area contributed by atoms with Crippen LogP contribution in [-0.4, -0.2) is 9.97 Å². The van der Waals surface area contributed by atoms with Crippen LogP contribution in [0, 0.1) is 5.82 Å². The van der Waals surface area contributed by atoms with Crippen molar-refractivity contribution < 1.29 is 4.39 Å². The highest BCUT2D eigenvalue weighted by Crippen LogP contribution is 2.34. The maximum Gasteiger partial charge on any atom is 0.127 e. The normalized spacial score (nSPS) is 10.2. The van der Waals surface area contributed by atoms with E-state index in [0.29, 0.717) is 5.03 Å². The number of aromatic nitrogens is 2. The van der Waals surface area contributed by atoms with E-state index < -0.39 is 0 Å². The molecule has 0 bridgehead atoms. The maximum absolute atomic E-state index is 12.8. The minimum absolute atomic E-state index is 0.269. The summed E-state index contributed by atoms with van der Waals surface area (Å²) in [4.78, 5) is 8.17. The lowest BCUT2D eigenvalue weighted by atomic mass is 10.5. The Kier molecular flexibility index (Phi) is 3.58. The predicted molar refractivity (Wildman–Crippen MR) is 60.1 cm³/mol. The van der Waals surface area contributed by atoms with Crippen LogP contribution in [0.2, 0.25) is 0 Å². The van der Waals surface area contributed by atoms with Crippen molar-refractivity contribution >= 4 is 21.6 Å². The third kappa shape index (κ3) is 3.21. The van der Waals surface area contributed by atoms with Gasteiger partial charge in [0.05, 0.1) is 0 Å². The highest BCUT2D eigenvalue weighted by atomic mass is 33.1. The minimum atomic E-state index is -0.269. The second-order valence-electron chi connectivity index (χ2n) is 2.65. The van der Waals surface area contributed by atoms with Crippen molar-refractivity contribution in [3.63, 3.8) is 0 Å². The molecule has 76 valence electrons. The summed E-state index contributed by atoms with van der Waals surface area (Å²) in [6.45, 7) is 0. The van der Waals surface area contributed by atoms with Gasteiger partial charge in [0.25, 0.3) is 0 Å². The lowest BCUT2D eigenvalue weighted by Gasteiger charge is -1.98. The smallest absolute Gasteiger partial charge is 0.127 e. The molecule has 0 atom stereocenters. The summed E-state index contributed by atoms with van der Waals surface area (Å²) < 4.78 is 12.8. The van der Waals surface area contributed by atoms with Crippen molar-refractivity contribution in [3.8, 4) is 0 Å². The summed E-state index contributed by atoms with van der Waals surface area (Å²) in [5, 5.41) is 1.53. The van der Waals surface area contributed by atoms with E-state index in [-0.39, 0.29) is 5.82 Å². The molecule has 0 aromatic carbocycles. The monoisotopic (exact) mass is 238 g/mol. The third-order valence-electron chi connectivity index (χ3n) is 1.55. The molecule has 0 aliphatic carbocycles. The molecule has 2 rings (SSSR count). The molecule has 0 unspecified atom stereocenters. The molecule has 0 saturated carbocycles. The second kappa shape index (κ2) is 5.14. The van der Waals surface area contributed by atoms with Crippen molar-refractivity contribution in [1.29, 1.82) is 0 Å². The van der Waals surface area contributed by atoms with Crippen LogP contribution in [0.4, 0.5) is 4.39 Å². The zero-order valence-corrected chi connectivity index (χ0v) is 9.26. The molecule has 2 aromatic rings. The number of rotatable bonds is 3. The Bertz CT molecular complexity index is 436. The number of hydrogen-bond donors (Lipinski definition) is 0. The van der Waals surface area contributed by atoms with E-state index in [1.54, 1.807) is 6.20 Å². The fourth-order valence-electron chi connectivity index (χ4n) is 0.913. The van der Waals surface area contributed by atoms with E-state index in [1.807, 2.05) is 18.2 Å². The van der Waals surface area contributed by atoms with Crippen LogP contribution < -0.4 is 0 Å². The Labute approximate surface area is 94.7 Å². The minimum Gasteiger partial charge on any atom is -0.249 e. The summed E-state index contributed by atoms with van der Waals surface area (Å²) in [5.74, 6) is -0.269. The number of hydrogen-bond acceptors (Lipinski definition) is 4. The first-order valence-corrected chi connectivity index (χ1v) is 6.37. The van der Waals surface area contributed by atoms with Crippen LogP contribution >= 0.6 is 21.6 Å². The first-order valence-electron chi connectivity index (χ1n) is 4.22. The van der Waals surface area contributed by atoms with Crippen LogP contribution in [0.1, 0.15) is 0 Å². The van der Waals surface area contributed by atoms with Gasteiger partial charge in [-0.25, -0.2) is 14.4 Å². The van der Waals surface area contributed by atoms with Gasteiger partial charge in [0.15, 0.2) is 0 Å². The lowest BCUT2D eigenvalue weighted by Crippen LogP contribution is -1.79. The van der Waals surface area contributed by atoms with Crippen LogP contribution in [0.15, 0.2) is 52.8 Å². The van der Waals surface area contributed by atoms with E-state index in [9.17, 15) is 4.39 Å². The fourth-order valence-corrected chi connectivity index (χ4v) is 2.67. The quantitative estimate of drug-likeness (QED) is 0.765. The van der Waals surface area contributed by atoms with Gasteiger partial charge in [-0.3, -0.25) is 0 Å². The van der Waals surface area contributed by atoms with Gasteiger partial charge in [-0.15, -0.1) is 0 Å². The molecule has 2 nitrogen and oxygen atoms in total. The zero-order valence-electron chi connectivity index (χ0n) is 7.63. The molecule has 0 radical (unpaired) electrons. The topological polar surface area (TPSA) is 25.8 Å². The first kappa shape index (κ1) is 10.4. The van der Waals surface area contributed by atoms with Gasteiger partial charge in [0, 0.05) is 18.5 Å². The Balaban J connectivity index is 1.99. The van der Waals surface area contributed by atoms with Crippen LogP contribution in [0.3, 0.4) is 0 Å². The molecule has 0 N–H and O–H groups in total. The maximum atomic E-state index is 12.8. The Morgan fingerprint density at radius 3 is 2.47 bits per heavy atom. The van der Waals surface area contributed by atoms with Crippen LogP contribution in [0.25, 0.3) is 0 Å². The first-order chi connectivity index (χ1) is 7.34. The molecule has 0 aliphatic rings. The highest BCUT2D eigenvalue weighted by molar-refractivity contribution is 8.76. The Morgan fingerprint density at radius 2 is 1.73 bits per heavy atom. The Hall–Kier alpha value is -1.07. The van der Waals surface area contributed by atoms with Gasteiger partial charge in [0.2, 0.25) is 0 Å². The molecule has 0 fully saturated rings. The molecule has 0 aliphatic heterocycles. The molecular weight excluding hydrogens is 231 g/mol. The number of pyridine rings is 2. The zero-order chi connectivity index (χ0) is 10.5. The number of halogens is 1. The fraction of sp³-hybridized carbons (Fsp3) is 0. The average Bonchev–Trinajstić information content (AvgIpc) is 2.28. The SMILES string of the molecule is Fc1ccnc(SSc2ccccn2)c1. The van der Waals surface area contributed by atoms with E-state index in [2.05, 4.69) is 9.97 Å². The van der Waals surface area contributed by atoms with E-state index in [1.165, 1.54) is 39.9 Å². The van der Waals surface area contributed by atoms with E-state index >= 15 is 0 Å². The van der Waals surface area contributed by atoms with E-state index in [4.69, 9.17) is 0 Å². The summed E-state index contributed by atoms with van der Waals surface area (Å²) in [6, 6.07) is 8.40. The Morgan fingerprint density at radius 1 is 0.933 bits per heavy atom. The third-order valence-corrected chi connectivity index (χ3v) is 3.71. The van der Waals surface area contributed by atoms with Crippen molar-refractivity contribution in [1.82, 2.24) is 9.97 Å². The molecular formula is C10H7FN2S2. The van der Waals surface area contributed by atoms with Gasteiger partial charge in [0.1, 0.15) is 15.9 Å². The van der Waals surface area contributed by atoms with Gasteiger partial charge in [-0.1, -0.05) is 6.07 Å². The van der Waals surface area contributed by atoms with Crippen molar-refractivity contribution in [2.75, 3.05) is 0 Å². The average molecular weight is 238 g/mol. The predicted octanol–water partition coefficient (Wildman–Crippen LogP) is 3.42. The van der Waals surface area contributed by atoms with Gasteiger partial charge >= 0.3 is 0 Å². The van der Waals surface area contributed by atoms with Gasteiger partial charge in [-0.05, 0) is 39.8 Å². The molecule has 0 amide bonds. The molecule has 0 saturated heterocycles. The van der Waals surface area contributed by atoms with Gasteiger partial charge < -0.3 is 0 Å². The van der Waals surface area contributed by atoms with Crippen molar-refractivity contribution in [2.24, 2.45) is 0 Å². The van der Waals surface area contributed by atoms with Crippen LogP contribution in [-0.2, 0) is 0 Å². The second-order valence-corrected chi connectivity index (χ2v) is 4.82. The highest BCUT2D eigenvalue weighted by Gasteiger charge is 2.00. The standard InChI is InChI=1S/C10H7FN2S2/c11-8-4-6-13-10(7-8)15-14-9-3-1-2-5-12-9/h1-7H. The molecule has 15 heavy (non-hydrogen) atoms. The molecule has 2 aromatic heterocycles. The molecule has 0 spiro atoms. The lowest BCUT2D eigenvalue weighted by molar-refractivity contribution is 0.620. The van der Waals surface area contributed by atoms with Gasteiger partial charge in [-0.2, -0.15) is 0 Å². The largest absolute Gasteiger partial charge is 0.249 e. The molecule has 2 heterocycles. The summed E-state index contributed by atoms with van der Waals surface area (Å²) in [7, 11) is 2.85. The van der Waals surface area contributed by atoms with Crippen molar-refractivity contribution in [2.45, 2.75) is 10.1 Å². The van der Waals surface area contributed by atoms with E-state index in [0.717, 1.165) is 5.03 Å². The summed E-state index contributed by atoms with van der Waals surface area (Å²) in [5.41, 5.74) is 0. The van der Waals surface area contributed by atoms with Crippen LogP contribution in [0.5, 0.6) is 0 Å². The summed E-state index contributed by atoms with van der Waals surface area (Å²) >= 11 is 0. The summed E-state index contributed by atoms with van der Waals surface area (Å²) in [6.07, 6.45) is 3.18. The molecule has 5 heteroatoms. The van der Waals surface area contributed by atoms with Crippen molar-refractivity contribution in [3.05, 3.63) is 48.5 Å².